The Morgan fingerprint density at radius 3 is 2.08 bits per heavy atom. The number of sulfonamides is 1. The molecule has 0 unspecified atom stereocenters. The number of nitrogens with zero attached hydrogens (tertiary/aromatic N) is 1. The van der Waals surface area contributed by atoms with Gasteiger partial charge in [-0.25, -0.2) is 13.1 Å². The van der Waals surface area contributed by atoms with E-state index in [9.17, 15) is 8.42 Å². The van der Waals surface area contributed by atoms with Crippen LogP contribution < -0.4 is 14.5 Å². The van der Waals surface area contributed by atoms with Crippen LogP contribution in [0.3, 0.4) is 0 Å². The number of nitrogens with one attached hydrogen (secondary N) is 2. The van der Waals surface area contributed by atoms with Crippen LogP contribution in [0.25, 0.3) is 0 Å². The van der Waals surface area contributed by atoms with Crippen molar-refractivity contribution in [1.29, 1.82) is 0 Å². The van der Waals surface area contributed by atoms with Crippen LogP contribution in [0.2, 0.25) is 0 Å². The van der Waals surface area contributed by atoms with Gasteiger partial charge < -0.3 is 9.80 Å². The van der Waals surface area contributed by atoms with Crippen LogP contribution in [-0.4, -0.2) is 43.2 Å². The summed E-state index contributed by atoms with van der Waals surface area (Å²) in [4.78, 5) is 3.50. The van der Waals surface area contributed by atoms with E-state index in [0.717, 1.165) is 11.3 Å². The smallest absolute Gasteiger partial charge is 0.240 e. The lowest BCUT2D eigenvalue weighted by Gasteiger charge is -2.23. The highest BCUT2D eigenvalue weighted by Gasteiger charge is 2.22. The first-order valence-corrected chi connectivity index (χ1v) is 9.41. The van der Waals surface area contributed by atoms with Gasteiger partial charge in [-0.3, -0.25) is 0 Å². The lowest BCUT2D eigenvalue weighted by atomic mass is 10.1. The molecule has 2 aromatic carbocycles. The van der Waals surface area contributed by atoms with Gasteiger partial charge in [0.05, 0.1) is 25.5 Å². The van der Waals surface area contributed by atoms with Crippen molar-refractivity contribution in [3.05, 3.63) is 60.2 Å². The number of hydrogen-bond acceptors (Lipinski definition) is 3. The average molecular weight is 348 g/mol. The number of quaternary nitrogens is 1. The molecule has 24 heavy (non-hydrogen) atoms. The van der Waals surface area contributed by atoms with Gasteiger partial charge in [-0.05, 0) is 24.3 Å². The van der Waals surface area contributed by atoms with Crippen LogP contribution in [0.4, 0.5) is 5.69 Å². The molecule has 0 amide bonds. The topological polar surface area (TPSA) is 53.9 Å². The summed E-state index contributed by atoms with van der Waals surface area (Å²) in [6, 6.07) is 16.7. The molecule has 0 aliphatic heterocycles. The first-order chi connectivity index (χ1) is 11.3. The van der Waals surface area contributed by atoms with Gasteiger partial charge in [0.2, 0.25) is 10.0 Å². The second-order valence-electron chi connectivity index (χ2n) is 6.28. The molecular formula is C18H26N3O2S+. The zero-order valence-electron chi connectivity index (χ0n) is 14.7. The van der Waals surface area contributed by atoms with Gasteiger partial charge in [-0.15, -0.1) is 0 Å². The quantitative estimate of drug-likeness (QED) is 0.782. The molecule has 2 aromatic rings. The fourth-order valence-electron chi connectivity index (χ4n) is 2.54. The van der Waals surface area contributed by atoms with E-state index in [-0.39, 0.29) is 6.04 Å². The molecule has 0 fully saturated rings. The van der Waals surface area contributed by atoms with Gasteiger partial charge in [0, 0.05) is 25.3 Å². The molecule has 0 aromatic heterocycles. The third-order valence-electron chi connectivity index (χ3n) is 4.04. The maximum Gasteiger partial charge on any atom is 0.240 e. The summed E-state index contributed by atoms with van der Waals surface area (Å²) in [5.74, 6) is 0. The number of anilines is 1. The Labute approximate surface area is 145 Å². The SMILES string of the molecule is CN(C)c1ccc([C@H](CNS(=O)(=O)c2ccccc2)[NH+](C)C)cc1. The lowest BCUT2D eigenvalue weighted by Crippen LogP contribution is -3.07. The first kappa shape index (κ1) is 18.4. The number of hydrogen-bond donors (Lipinski definition) is 2. The van der Waals surface area contributed by atoms with Crippen molar-refractivity contribution in [2.24, 2.45) is 0 Å². The van der Waals surface area contributed by atoms with Crippen LogP contribution in [-0.2, 0) is 10.0 Å². The molecule has 0 bridgehead atoms. The molecule has 1 atom stereocenters. The maximum absolute atomic E-state index is 12.4. The second-order valence-corrected chi connectivity index (χ2v) is 8.05. The zero-order valence-corrected chi connectivity index (χ0v) is 15.5. The minimum atomic E-state index is -3.49. The molecule has 0 radical (unpaired) electrons. The molecule has 0 heterocycles. The van der Waals surface area contributed by atoms with Crippen molar-refractivity contribution >= 4 is 15.7 Å². The summed E-state index contributed by atoms with van der Waals surface area (Å²) in [7, 11) is 4.56. The number of likely N-dealkylation sites (N-methyl/N-ethyl adjacent to an activating group) is 1. The van der Waals surface area contributed by atoms with Crippen molar-refractivity contribution in [1.82, 2.24) is 4.72 Å². The Bertz CT molecular complexity index is 742. The van der Waals surface area contributed by atoms with E-state index in [1.807, 2.05) is 33.1 Å². The largest absolute Gasteiger partial charge is 0.378 e. The summed E-state index contributed by atoms with van der Waals surface area (Å²) >= 11 is 0. The standard InChI is InChI=1S/C18H25N3O2S/c1-20(2)16-12-10-15(11-13-16)18(21(3)4)14-19-24(22,23)17-8-6-5-7-9-17/h5-13,18-19H,14H2,1-4H3/p+1/t18-/m0/s1. The van der Waals surface area contributed by atoms with E-state index in [1.165, 1.54) is 4.90 Å². The van der Waals surface area contributed by atoms with Crippen molar-refractivity contribution in [3.63, 3.8) is 0 Å². The maximum atomic E-state index is 12.4. The van der Waals surface area contributed by atoms with E-state index in [2.05, 4.69) is 29.0 Å². The monoisotopic (exact) mass is 348 g/mol. The highest BCUT2D eigenvalue weighted by atomic mass is 32.2. The van der Waals surface area contributed by atoms with Gasteiger partial charge >= 0.3 is 0 Å². The van der Waals surface area contributed by atoms with Gasteiger partial charge in [-0.1, -0.05) is 30.3 Å². The van der Waals surface area contributed by atoms with Crippen LogP contribution in [0.5, 0.6) is 0 Å². The normalized spacial score (nSPS) is 13.0. The van der Waals surface area contributed by atoms with E-state index in [4.69, 9.17) is 0 Å². The van der Waals surface area contributed by atoms with Gasteiger partial charge in [-0.2, -0.15) is 0 Å². The summed E-state index contributed by atoms with van der Waals surface area (Å²) in [6.45, 7) is 0.348. The summed E-state index contributed by atoms with van der Waals surface area (Å²) in [6.07, 6.45) is 0. The van der Waals surface area contributed by atoms with Crippen molar-refractivity contribution in [3.8, 4) is 0 Å². The molecule has 6 heteroatoms. The van der Waals surface area contributed by atoms with Crippen LogP contribution in [0.15, 0.2) is 59.5 Å². The summed E-state index contributed by atoms with van der Waals surface area (Å²) in [5.41, 5.74) is 2.23. The Kier molecular flexibility index (Phi) is 5.99. The molecular weight excluding hydrogens is 322 g/mol. The third-order valence-corrected chi connectivity index (χ3v) is 5.48. The fourth-order valence-corrected chi connectivity index (χ4v) is 3.60. The molecule has 0 saturated heterocycles. The van der Waals surface area contributed by atoms with E-state index >= 15 is 0 Å². The molecule has 2 N–H and O–H groups in total. The van der Waals surface area contributed by atoms with E-state index < -0.39 is 10.0 Å². The highest BCUT2D eigenvalue weighted by Crippen LogP contribution is 2.16. The van der Waals surface area contributed by atoms with Crippen LogP contribution in [0, 0.1) is 0 Å². The van der Waals surface area contributed by atoms with Crippen molar-refractivity contribution < 1.29 is 13.3 Å². The summed E-state index contributed by atoms with van der Waals surface area (Å²) in [5, 5.41) is 0. The molecule has 0 saturated carbocycles. The predicted molar refractivity (Wildman–Crippen MR) is 98.0 cm³/mol. The lowest BCUT2D eigenvalue weighted by molar-refractivity contribution is -0.890. The van der Waals surface area contributed by atoms with E-state index in [1.54, 1.807) is 30.3 Å². The molecule has 130 valence electrons. The molecule has 0 aliphatic carbocycles. The molecule has 5 nitrogen and oxygen atoms in total. The van der Waals surface area contributed by atoms with Gasteiger partial charge in [0.15, 0.2) is 0 Å². The Morgan fingerprint density at radius 1 is 1.00 bits per heavy atom. The minimum Gasteiger partial charge on any atom is -0.378 e. The third kappa shape index (κ3) is 4.56. The Balaban J connectivity index is 2.15. The number of benzene rings is 2. The fraction of sp³-hybridized carbons (Fsp3) is 0.333. The zero-order chi connectivity index (χ0) is 17.7. The van der Waals surface area contributed by atoms with Gasteiger partial charge in [0.25, 0.3) is 0 Å². The molecule has 2 rings (SSSR count). The van der Waals surface area contributed by atoms with E-state index in [0.29, 0.717) is 11.4 Å². The summed E-state index contributed by atoms with van der Waals surface area (Å²) < 4.78 is 27.5. The molecule has 0 spiro atoms. The van der Waals surface area contributed by atoms with Crippen LogP contribution >= 0.6 is 0 Å². The average Bonchev–Trinajstić information content (AvgIpc) is 2.56. The second kappa shape index (κ2) is 7.79. The Hall–Kier alpha value is -1.89. The number of rotatable bonds is 7. The van der Waals surface area contributed by atoms with Crippen LogP contribution in [0.1, 0.15) is 11.6 Å². The highest BCUT2D eigenvalue weighted by molar-refractivity contribution is 7.89. The van der Waals surface area contributed by atoms with Gasteiger partial charge in [0.1, 0.15) is 6.04 Å². The predicted octanol–water partition coefficient (Wildman–Crippen LogP) is 0.917. The molecule has 0 aliphatic rings. The van der Waals surface area contributed by atoms with Crippen molar-refractivity contribution in [2.45, 2.75) is 10.9 Å². The first-order valence-electron chi connectivity index (χ1n) is 7.93. The minimum absolute atomic E-state index is 0.0414. The Morgan fingerprint density at radius 2 is 1.58 bits per heavy atom. The van der Waals surface area contributed by atoms with Crippen molar-refractivity contribution in [2.75, 3.05) is 39.6 Å².